The van der Waals surface area contributed by atoms with E-state index in [1.54, 1.807) is 34.2 Å². The van der Waals surface area contributed by atoms with Gasteiger partial charge in [0.05, 0.1) is 23.7 Å². The zero-order valence-corrected chi connectivity index (χ0v) is 14.7. The van der Waals surface area contributed by atoms with Crippen LogP contribution in [0.15, 0.2) is 36.0 Å². The van der Waals surface area contributed by atoms with Crippen molar-refractivity contribution in [3.8, 4) is 16.5 Å². The van der Waals surface area contributed by atoms with Crippen LogP contribution in [0.1, 0.15) is 23.2 Å². The molecule has 0 fully saturated rings. The number of ether oxygens (including phenoxy) is 1. The standard InChI is InChI=1S/C16H15N7O2S/c1-2-25-16-14-22-21-13(23(14)6-5-17-16)9-18-15(24)11-8-10(19-20-11)12-4-3-7-26-12/h3-8H,2,9H2,1H3,(H,18,24)(H,19,20). The Kier molecular flexibility index (Phi) is 4.32. The first-order valence-electron chi connectivity index (χ1n) is 7.95. The molecule has 0 spiro atoms. The molecule has 132 valence electrons. The van der Waals surface area contributed by atoms with Crippen LogP contribution >= 0.6 is 11.3 Å². The van der Waals surface area contributed by atoms with Gasteiger partial charge in [0.25, 0.3) is 11.8 Å². The molecular formula is C16H15N7O2S. The van der Waals surface area contributed by atoms with Crippen molar-refractivity contribution in [1.82, 2.24) is 35.1 Å². The molecule has 9 nitrogen and oxygen atoms in total. The molecule has 1 amide bonds. The molecule has 0 unspecified atom stereocenters. The van der Waals surface area contributed by atoms with E-state index in [1.807, 2.05) is 24.4 Å². The number of rotatable bonds is 6. The van der Waals surface area contributed by atoms with Crippen LogP contribution in [0.25, 0.3) is 16.2 Å². The second-order valence-electron chi connectivity index (χ2n) is 5.30. The van der Waals surface area contributed by atoms with Crippen molar-refractivity contribution in [3.63, 3.8) is 0 Å². The highest BCUT2D eigenvalue weighted by molar-refractivity contribution is 7.13. The van der Waals surface area contributed by atoms with Crippen LogP contribution < -0.4 is 10.1 Å². The van der Waals surface area contributed by atoms with Gasteiger partial charge in [0.1, 0.15) is 0 Å². The van der Waals surface area contributed by atoms with Gasteiger partial charge in [-0.15, -0.1) is 21.5 Å². The van der Waals surface area contributed by atoms with Gasteiger partial charge in [-0.2, -0.15) is 5.10 Å². The van der Waals surface area contributed by atoms with Gasteiger partial charge in [-0.3, -0.25) is 14.3 Å². The van der Waals surface area contributed by atoms with Gasteiger partial charge in [0.2, 0.25) is 5.65 Å². The summed E-state index contributed by atoms with van der Waals surface area (Å²) in [5.74, 6) is 0.693. The SMILES string of the molecule is CCOc1nccn2c(CNC(=O)c3cc(-c4cccs4)[nH]n3)nnc12. The molecule has 0 atom stereocenters. The molecule has 10 heteroatoms. The summed E-state index contributed by atoms with van der Waals surface area (Å²) < 4.78 is 7.17. The third-order valence-electron chi connectivity index (χ3n) is 3.65. The van der Waals surface area contributed by atoms with Crippen molar-refractivity contribution in [1.29, 1.82) is 0 Å². The van der Waals surface area contributed by atoms with Crippen LogP contribution in [-0.4, -0.2) is 42.3 Å². The first-order valence-corrected chi connectivity index (χ1v) is 8.83. The fraction of sp³-hybridized carbons (Fsp3) is 0.188. The summed E-state index contributed by atoms with van der Waals surface area (Å²) in [6.45, 7) is 2.56. The third kappa shape index (κ3) is 3.02. The number of thiophene rings is 1. The maximum Gasteiger partial charge on any atom is 0.272 e. The van der Waals surface area contributed by atoms with Crippen LogP contribution in [0.2, 0.25) is 0 Å². The van der Waals surface area contributed by atoms with E-state index in [-0.39, 0.29) is 12.5 Å². The lowest BCUT2D eigenvalue weighted by Crippen LogP contribution is -2.24. The first-order chi connectivity index (χ1) is 12.8. The largest absolute Gasteiger partial charge is 0.475 e. The summed E-state index contributed by atoms with van der Waals surface area (Å²) in [5, 5.41) is 19.9. The van der Waals surface area contributed by atoms with Gasteiger partial charge in [0.15, 0.2) is 11.5 Å². The average Bonchev–Trinajstić information content (AvgIpc) is 3.39. The van der Waals surface area contributed by atoms with Gasteiger partial charge in [-0.25, -0.2) is 4.98 Å². The predicted octanol–water partition coefficient (Wildman–Crippen LogP) is 1.90. The van der Waals surface area contributed by atoms with Crippen LogP contribution in [-0.2, 0) is 6.54 Å². The van der Waals surface area contributed by atoms with Gasteiger partial charge >= 0.3 is 0 Å². The Morgan fingerprint density at radius 2 is 2.35 bits per heavy atom. The number of aromatic nitrogens is 6. The zero-order valence-electron chi connectivity index (χ0n) is 13.8. The van der Waals surface area contributed by atoms with Crippen LogP contribution in [0.4, 0.5) is 0 Å². The van der Waals surface area contributed by atoms with Crippen LogP contribution in [0.3, 0.4) is 0 Å². The number of carbonyl (C=O) groups excluding carboxylic acids is 1. The number of fused-ring (bicyclic) bond motifs is 1. The molecular weight excluding hydrogens is 354 g/mol. The second kappa shape index (κ2) is 6.92. The Labute approximate surface area is 152 Å². The smallest absolute Gasteiger partial charge is 0.272 e. The summed E-state index contributed by atoms with van der Waals surface area (Å²) in [5.41, 5.74) is 1.64. The molecule has 0 aliphatic rings. The van der Waals surface area contributed by atoms with Crippen LogP contribution in [0.5, 0.6) is 5.88 Å². The molecule has 0 saturated heterocycles. The van der Waals surface area contributed by atoms with Crippen molar-refractivity contribution in [3.05, 3.63) is 47.5 Å². The summed E-state index contributed by atoms with van der Waals surface area (Å²) >= 11 is 1.58. The molecule has 0 aromatic carbocycles. The first kappa shape index (κ1) is 16.2. The Morgan fingerprint density at radius 1 is 1.42 bits per heavy atom. The quantitative estimate of drug-likeness (QED) is 0.537. The maximum atomic E-state index is 12.3. The van der Waals surface area contributed by atoms with Gasteiger partial charge in [-0.05, 0) is 24.4 Å². The number of amides is 1. The van der Waals surface area contributed by atoms with E-state index in [0.29, 0.717) is 29.7 Å². The highest BCUT2D eigenvalue weighted by atomic mass is 32.1. The zero-order chi connectivity index (χ0) is 17.9. The minimum atomic E-state index is -0.292. The lowest BCUT2D eigenvalue weighted by molar-refractivity contribution is 0.0944. The van der Waals surface area contributed by atoms with E-state index in [1.165, 1.54) is 0 Å². The summed E-state index contributed by atoms with van der Waals surface area (Å²) in [6.07, 6.45) is 3.33. The van der Waals surface area contributed by atoms with E-state index in [0.717, 1.165) is 10.6 Å². The Morgan fingerprint density at radius 3 is 3.15 bits per heavy atom. The van der Waals surface area contributed by atoms with Crippen molar-refractivity contribution in [2.75, 3.05) is 6.61 Å². The molecule has 0 saturated carbocycles. The van der Waals surface area contributed by atoms with Crippen molar-refractivity contribution in [2.24, 2.45) is 0 Å². The fourth-order valence-corrected chi connectivity index (χ4v) is 3.15. The lowest BCUT2D eigenvalue weighted by Gasteiger charge is -2.04. The molecule has 26 heavy (non-hydrogen) atoms. The van der Waals surface area contributed by atoms with Crippen molar-refractivity contribution < 1.29 is 9.53 Å². The third-order valence-corrected chi connectivity index (χ3v) is 4.55. The number of nitrogens with zero attached hydrogens (tertiary/aromatic N) is 5. The monoisotopic (exact) mass is 369 g/mol. The normalized spacial score (nSPS) is 11.0. The summed E-state index contributed by atoms with van der Waals surface area (Å²) in [4.78, 5) is 17.5. The molecule has 4 rings (SSSR count). The van der Waals surface area contributed by atoms with Crippen molar-refractivity contribution >= 4 is 22.9 Å². The number of nitrogens with one attached hydrogen (secondary N) is 2. The Hall–Kier alpha value is -3.27. The Bertz CT molecular complexity index is 1040. The van der Waals surface area contributed by atoms with Crippen LogP contribution in [0, 0.1) is 0 Å². The second-order valence-corrected chi connectivity index (χ2v) is 6.25. The number of H-pyrrole nitrogens is 1. The highest BCUT2D eigenvalue weighted by Gasteiger charge is 2.15. The number of hydrogen-bond acceptors (Lipinski definition) is 7. The minimum absolute atomic E-state index is 0.205. The van der Waals surface area contributed by atoms with E-state index in [9.17, 15) is 4.79 Å². The van der Waals surface area contributed by atoms with Crippen molar-refractivity contribution in [2.45, 2.75) is 13.5 Å². The minimum Gasteiger partial charge on any atom is -0.475 e. The van der Waals surface area contributed by atoms with Gasteiger partial charge in [0, 0.05) is 12.4 Å². The molecule has 0 aliphatic carbocycles. The summed E-state index contributed by atoms with van der Waals surface area (Å²) in [7, 11) is 0. The topological polar surface area (TPSA) is 110 Å². The van der Waals surface area contributed by atoms with E-state index < -0.39 is 0 Å². The summed E-state index contributed by atoms with van der Waals surface area (Å²) in [6, 6.07) is 5.63. The molecule has 4 aromatic rings. The lowest BCUT2D eigenvalue weighted by atomic mass is 10.3. The number of carbonyl (C=O) groups is 1. The van der Waals surface area contributed by atoms with E-state index in [2.05, 4.69) is 30.7 Å². The highest BCUT2D eigenvalue weighted by Crippen LogP contribution is 2.22. The van der Waals surface area contributed by atoms with Gasteiger partial charge in [-0.1, -0.05) is 6.07 Å². The fourth-order valence-electron chi connectivity index (χ4n) is 2.46. The molecule has 2 N–H and O–H groups in total. The average molecular weight is 369 g/mol. The molecule has 4 aromatic heterocycles. The van der Waals surface area contributed by atoms with E-state index in [4.69, 9.17) is 4.74 Å². The maximum absolute atomic E-state index is 12.3. The Balaban J connectivity index is 1.48. The molecule has 4 heterocycles. The van der Waals surface area contributed by atoms with Gasteiger partial charge < -0.3 is 10.1 Å². The molecule has 0 bridgehead atoms. The predicted molar refractivity (Wildman–Crippen MR) is 95.0 cm³/mol. The molecule has 0 radical (unpaired) electrons. The number of aromatic amines is 1. The number of hydrogen-bond donors (Lipinski definition) is 2. The molecule has 0 aliphatic heterocycles. The van der Waals surface area contributed by atoms with E-state index >= 15 is 0 Å².